The molecule has 2 heteroatoms. The molecule has 1 heterocycles. The minimum absolute atomic E-state index is 0.234. The summed E-state index contributed by atoms with van der Waals surface area (Å²) in [7, 11) is 0. The van der Waals surface area contributed by atoms with Crippen LogP contribution < -0.4 is 0 Å². The Morgan fingerprint density at radius 2 is 1.38 bits per heavy atom. The van der Waals surface area contributed by atoms with Crippen molar-refractivity contribution in [1.82, 2.24) is 0 Å². The number of epoxide rings is 1. The first-order valence-corrected chi connectivity index (χ1v) is 9.38. The van der Waals surface area contributed by atoms with Gasteiger partial charge in [-0.15, -0.1) is 0 Å². The second-order valence-corrected chi connectivity index (χ2v) is 6.87. The molecule has 1 rings (SSSR count). The number of ether oxygens (including phenoxy) is 1. The lowest BCUT2D eigenvalue weighted by Gasteiger charge is -2.02. The van der Waals surface area contributed by atoms with Gasteiger partial charge < -0.3 is 9.53 Å². The molecule has 0 aromatic rings. The molecule has 0 amide bonds. The third kappa shape index (κ3) is 10.1. The van der Waals surface area contributed by atoms with Crippen LogP contribution in [-0.2, 0) is 9.53 Å². The van der Waals surface area contributed by atoms with Gasteiger partial charge in [0.1, 0.15) is 6.29 Å². The molecule has 0 spiro atoms. The van der Waals surface area contributed by atoms with E-state index < -0.39 is 0 Å². The van der Waals surface area contributed by atoms with Gasteiger partial charge in [-0.05, 0) is 19.3 Å². The molecular weight excluding hydrogens is 260 g/mol. The van der Waals surface area contributed by atoms with Gasteiger partial charge >= 0.3 is 0 Å². The molecule has 0 aromatic carbocycles. The average molecular weight is 296 g/mol. The Morgan fingerprint density at radius 3 is 1.95 bits per heavy atom. The monoisotopic (exact) mass is 296 g/mol. The molecule has 3 atom stereocenters. The van der Waals surface area contributed by atoms with Gasteiger partial charge in [0.05, 0.1) is 12.2 Å². The largest absolute Gasteiger partial charge is 0.370 e. The molecule has 1 aliphatic rings. The Labute approximate surface area is 132 Å². The van der Waals surface area contributed by atoms with Gasteiger partial charge in [-0.25, -0.2) is 0 Å². The third-order valence-electron chi connectivity index (χ3n) is 4.66. The minimum atomic E-state index is 0.234. The number of aldehydes is 1. The summed E-state index contributed by atoms with van der Waals surface area (Å²) >= 11 is 0. The summed E-state index contributed by atoms with van der Waals surface area (Å²) in [5.74, 6) is 0.234. The zero-order chi connectivity index (χ0) is 15.3. The van der Waals surface area contributed by atoms with Crippen LogP contribution in [0.5, 0.6) is 0 Å². The van der Waals surface area contributed by atoms with Gasteiger partial charge in [-0.1, -0.05) is 78.1 Å². The van der Waals surface area contributed by atoms with E-state index in [0.717, 1.165) is 12.7 Å². The zero-order valence-electron chi connectivity index (χ0n) is 14.3. The van der Waals surface area contributed by atoms with Crippen molar-refractivity contribution < 1.29 is 9.53 Å². The molecular formula is C19H36O2. The predicted octanol–water partition coefficient (Wildman–Crippen LogP) is 5.68. The highest BCUT2D eigenvalue weighted by atomic mass is 16.6. The summed E-state index contributed by atoms with van der Waals surface area (Å²) in [6, 6.07) is 0. The Morgan fingerprint density at radius 1 is 0.857 bits per heavy atom. The highest BCUT2D eigenvalue weighted by Crippen LogP contribution is 2.31. The zero-order valence-corrected chi connectivity index (χ0v) is 14.3. The maximum Gasteiger partial charge on any atom is 0.122 e. The van der Waals surface area contributed by atoms with Crippen LogP contribution >= 0.6 is 0 Å². The van der Waals surface area contributed by atoms with Gasteiger partial charge in [0.15, 0.2) is 0 Å². The van der Waals surface area contributed by atoms with Gasteiger partial charge in [0.2, 0.25) is 0 Å². The Bertz CT molecular complexity index is 252. The van der Waals surface area contributed by atoms with Crippen molar-refractivity contribution in [2.24, 2.45) is 5.92 Å². The fraction of sp³-hybridized carbons (Fsp3) is 0.947. The molecule has 124 valence electrons. The van der Waals surface area contributed by atoms with Gasteiger partial charge in [0.25, 0.3) is 0 Å². The van der Waals surface area contributed by atoms with E-state index >= 15 is 0 Å². The van der Waals surface area contributed by atoms with Crippen LogP contribution in [-0.4, -0.2) is 18.5 Å². The van der Waals surface area contributed by atoms with Crippen LogP contribution in [0.2, 0.25) is 0 Å². The number of carbonyl (C=O) groups excluding carboxylic acids is 1. The van der Waals surface area contributed by atoms with E-state index in [1.54, 1.807) is 0 Å². The number of hydrogen-bond acceptors (Lipinski definition) is 2. The molecule has 0 saturated carbocycles. The number of rotatable bonds is 15. The molecule has 0 N–H and O–H groups in total. The highest BCUT2D eigenvalue weighted by Gasteiger charge is 2.36. The summed E-state index contributed by atoms with van der Waals surface area (Å²) in [5, 5.41) is 0. The van der Waals surface area contributed by atoms with Crippen molar-refractivity contribution in [3.63, 3.8) is 0 Å². The number of unbranched alkanes of at least 4 members (excludes halogenated alkanes) is 8. The Balaban J connectivity index is 1.79. The van der Waals surface area contributed by atoms with E-state index in [1.165, 1.54) is 77.0 Å². The molecule has 2 nitrogen and oxygen atoms in total. The Hall–Kier alpha value is -0.370. The van der Waals surface area contributed by atoms with E-state index in [4.69, 9.17) is 4.74 Å². The molecule has 1 saturated heterocycles. The second-order valence-electron chi connectivity index (χ2n) is 6.87. The van der Waals surface area contributed by atoms with E-state index in [9.17, 15) is 4.79 Å². The lowest BCUT2D eigenvalue weighted by Crippen LogP contribution is -1.98. The maximum atomic E-state index is 10.5. The van der Waals surface area contributed by atoms with Crippen molar-refractivity contribution >= 4 is 6.29 Å². The van der Waals surface area contributed by atoms with Crippen LogP contribution in [0.4, 0.5) is 0 Å². The fourth-order valence-electron chi connectivity index (χ4n) is 3.05. The lowest BCUT2D eigenvalue weighted by molar-refractivity contribution is -0.110. The van der Waals surface area contributed by atoms with Crippen molar-refractivity contribution in [3.8, 4) is 0 Å². The van der Waals surface area contributed by atoms with Crippen molar-refractivity contribution in [2.45, 2.75) is 110 Å². The van der Waals surface area contributed by atoms with Crippen molar-refractivity contribution in [1.29, 1.82) is 0 Å². The van der Waals surface area contributed by atoms with E-state index in [1.807, 2.05) is 6.92 Å². The third-order valence-corrected chi connectivity index (χ3v) is 4.66. The van der Waals surface area contributed by atoms with Gasteiger partial charge in [-0.3, -0.25) is 0 Å². The molecule has 0 bridgehead atoms. The molecule has 21 heavy (non-hydrogen) atoms. The highest BCUT2D eigenvalue weighted by molar-refractivity contribution is 5.52. The molecule has 1 aliphatic heterocycles. The quantitative estimate of drug-likeness (QED) is 0.221. The minimum Gasteiger partial charge on any atom is -0.370 e. The van der Waals surface area contributed by atoms with Crippen LogP contribution in [0.1, 0.15) is 97.3 Å². The first-order valence-electron chi connectivity index (χ1n) is 9.38. The van der Waals surface area contributed by atoms with Crippen molar-refractivity contribution in [2.75, 3.05) is 0 Å². The van der Waals surface area contributed by atoms with Crippen LogP contribution in [0.15, 0.2) is 0 Å². The van der Waals surface area contributed by atoms with E-state index in [2.05, 4.69) is 6.92 Å². The molecule has 1 fully saturated rings. The molecule has 0 aliphatic carbocycles. The first kappa shape index (κ1) is 18.7. The van der Waals surface area contributed by atoms with Crippen LogP contribution in [0.25, 0.3) is 0 Å². The fourth-order valence-corrected chi connectivity index (χ4v) is 3.05. The molecule has 0 radical (unpaired) electrons. The summed E-state index contributed by atoms with van der Waals surface area (Å²) in [6.45, 7) is 4.28. The smallest absolute Gasteiger partial charge is 0.122 e. The number of hydrogen-bond donors (Lipinski definition) is 0. The first-order chi connectivity index (χ1) is 10.3. The van der Waals surface area contributed by atoms with Crippen LogP contribution in [0, 0.1) is 5.92 Å². The summed E-state index contributed by atoms with van der Waals surface area (Å²) in [4.78, 5) is 10.5. The predicted molar refractivity (Wildman–Crippen MR) is 89.6 cm³/mol. The standard InChI is InChI=1S/C19H36O2/c1-3-4-5-6-7-8-9-10-14-18-19(21-18)15-12-11-13-17(2)16-20/h16-19H,3-15H2,1-2H3. The molecule has 0 aromatic heterocycles. The second kappa shape index (κ2) is 12.2. The summed E-state index contributed by atoms with van der Waals surface area (Å²) in [5.41, 5.74) is 0. The van der Waals surface area contributed by atoms with Gasteiger partial charge in [0, 0.05) is 5.92 Å². The Kier molecular flexibility index (Phi) is 10.9. The van der Waals surface area contributed by atoms with E-state index in [0.29, 0.717) is 12.2 Å². The maximum absolute atomic E-state index is 10.5. The lowest BCUT2D eigenvalue weighted by atomic mass is 10.0. The number of carbonyl (C=O) groups is 1. The normalized spacial score (nSPS) is 22.2. The average Bonchev–Trinajstić information content (AvgIpc) is 3.24. The summed E-state index contributed by atoms with van der Waals surface area (Å²) in [6.07, 6.45) is 19.2. The topological polar surface area (TPSA) is 29.6 Å². The van der Waals surface area contributed by atoms with Crippen molar-refractivity contribution in [3.05, 3.63) is 0 Å². The summed E-state index contributed by atoms with van der Waals surface area (Å²) < 4.78 is 5.74. The SMILES string of the molecule is CCCCCCCCCCC1OC1CCCCC(C)C=O. The van der Waals surface area contributed by atoms with Gasteiger partial charge in [-0.2, -0.15) is 0 Å². The molecule has 3 unspecified atom stereocenters. The van der Waals surface area contributed by atoms with Crippen LogP contribution in [0.3, 0.4) is 0 Å². The van der Waals surface area contributed by atoms with E-state index in [-0.39, 0.29) is 5.92 Å².